The van der Waals surface area contributed by atoms with Crippen LogP contribution in [-0.4, -0.2) is 18.1 Å². The van der Waals surface area contributed by atoms with Crippen LogP contribution < -0.4 is 10.1 Å². The molecule has 0 saturated carbocycles. The average molecular weight is 219 g/mol. The molecule has 0 aliphatic rings. The van der Waals surface area contributed by atoms with Gasteiger partial charge in [-0.1, -0.05) is 6.92 Å². The first-order valence-corrected chi connectivity index (χ1v) is 5.45. The summed E-state index contributed by atoms with van der Waals surface area (Å²) in [6.45, 7) is 5.75. The Morgan fingerprint density at radius 1 is 1.50 bits per heavy atom. The smallest absolute Gasteiger partial charge is 0.174 e. The largest absolute Gasteiger partial charge is 0.477 e. The molecule has 4 heteroatoms. The van der Waals surface area contributed by atoms with Gasteiger partial charge in [-0.15, -0.1) is 0 Å². The molecule has 1 heterocycles. The minimum Gasteiger partial charge on any atom is -0.477 e. The molecule has 0 bridgehead atoms. The third-order valence-corrected chi connectivity index (χ3v) is 2.08. The van der Waals surface area contributed by atoms with Crippen LogP contribution in [0, 0.1) is 18.3 Å². The minimum atomic E-state index is 0.0610. The summed E-state index contributed by atoms with van der Waals surface area (Å²) in [5, 5.41) is 11.7. The lowest BCUT2D eigenvalue weighted by molar-refractivity contribution is 0.360. The van der Waals surface area contributed by atoms with Crippen LogP contribution in [-0.2, 0) is 6.54 Å². The Balaban J connectivity index is 2.69. The molecule has 86 valence electrons. The van der Waals surface area contributed by atoms with E-state index in [1.165, 1.54) is 0 Å². The van der Waals surface area contributed by atoms with E-state index in [4.69, 9.17) is 10.00 Å². The van der Waals surface area contributed by atoms with E-state index in [9.17, 15) is 0 Å². The zero-order valence-corrected chi connectivity index (χ0v) is 9.79. The molecule has 0 saturated heterocycles. The molecule has 0 unspecified atom stereocenters. The van der Waals surface area contributed by atoms with E-state index in [1.807, 2.05) is 25.1 Å². The number of nitriles is 1. The van der Waals surface area contributed by atoms with Gasteiger partial charge in [-0.05, 0) is 32.0 Å². The second-order valence-corrected chi connectivity index (χ2v) is 3.52. The van der Waals surface area contributed by atoms with Crippen LogP contribution in [0.2, 0.25) is 0 Å². The third kappa shape index (κ3) is 3.87. The van der Waals surface area contributed by atoms with Gasteiger partial charge in [0.1, 0.15) is 11.8 Å². The predicted octanol–water partition coefficient (Wildman–Crippen LogP) is 1.79. The van der Waals surface area contributed by atoms with Gasteiger partial charge >= 0.3 is 0 Å². The lowest BCUT2D eigenvalue weighted by Gasteiger charge is -2.09. The Kier molecular flexibility index (Phi) is 5.30. The molecule has 0 amide bonds. The van der Waals surface area contributed by atoms with Crippen molar-refractivity contribution in [3.8, 4) is 11.8 Å². The van der Waals surface area contributed by atoms with Gasteiger partial charge in [-0.25, -0.2) is 0 Å². The summed E-state index contributed by atoms with van der Waals surface area (Å²) in [5.74, 6) is 0.691. The maximum Gasteiger partial charge on any atom is 0.174 e. The van der Waals surface area contributed by atoms with E-state index in [1.54, 1.807) is 0 Å². The summed E-state index contributed by atoms with van der Waals surface area (Å²) in [5.41, 5.74) is 1.82. The molecule has 16 heavy (non-hydrogen) atoms. The molecule has 4 nitrogen and oxygen atoms in total. The third-order valence-electron chi connectivity index (χ3n) is 2.08. The van der Waals surface area contributed by atoms with Crippen molar-refractivity contribution in [1.82, 2.24) is 10.3 Å². The van der Waals surface area contributed by atoms with E-state index < -0.39 is 0 Å². The standard InChI is InChI=1S/C12H17N3O/c1-3-7-14-9-11-12(16-8-6-13)5-4-10(2)15-11/h4-5,14H,3,7-9H2,1-2H3. The lowest BCUT2D eigenvalue weighted by atomic mass is 10.2. The SMILES string of the molecule is CCCNCc1nc(C)ccc1OCC#N. The van der Waals surface area contributed by atoms with Crippen molar-refractivity contribution >= 4 is 0 Å². The maximum atomic E-state index is 8.48. The Hall–Kier alpha value is -1.60. The second kappa shape index (κ2) is 6.81. The van der Waals surface area contributed by atoms with Gasteiger partial charge in [0.15, 0.2) is 6.61 Å². The maximum absolute atomic E-state index is 8.48. The Morgan fingerprint density at radius 3 is 3.00 bits per heavy atom. The Bertz CT molecular complexity index is 371. The predicted molar refractivity (Wildman–Crippen MR) is 62.1 cm³/mol. The average Bonchev–Trinajstić information content (AvgIpc) is 2.28. The number of ether oxygens (including phenoxy) is 1. The summed E-state index contributed by atoms with van der Waals surface area (Å²) in [6, 6.07) is 5.70. The normalized spacial score (nSPS) is 9.81. The van der Waals surface area contributed by atoms with Crippen molar-refractivity contribution in [2.45, 2.75) is 26.8 Å². The van der Waals surface area contributed by atoms with Crippen molar-refractivity contribution in [2.75, 3.05) is 13.2 Å². The number of hydrogen-bond acceptors (Lipinski definition) is 4. The first kappa shape index (κ1) is 12.5. The van der Waals surface area contributed by atoms with Crippen LogP contribution in [0.5, 0.6) is 5.75 Å². The number of aromatic nitrogens is 1. The van der Waals surface area contributed by atoms with Crippen molar-refractivity contribution in [1.29, 1.82) is 5.26 Å². The van der Waals surface area contributed by atoms with Gasteiger partial charge in [0.2, 0.25) is 0 Å². The van der Waals surface area contributed by atoms with Gasteiger partial charge < -0.3 is 10.1 Å². The lowest BCUT2D eigenvalue weighted by Crippen LogP contribution is -2.16. The fraction of sp³-hybridized carbons (Fsp3) is 0.500. The fourth-order valence-electron chi connectivity index (χ4n) is 1.35. The highest BCUT2D eigenvalue weighted by Gasteiger charge is 2.05. The van der Waals surface area contributed by atoms with Crippen LogP contribution in [0.25, 0.3) is 0 Å². The molecule has 0 spiro atoms. The van der Waals surface area contributed by atoms with E-state index in [-0.39, 0.29) is 6.61 Å². The van der Waals surface area contributed by atoms with Crippen LogP contribution >= 0.6 is 0 Å². The summed E-state index contributed by atoms with van der Waals surface area (Å²) >= 11 is 0. The van der Waals surface area contributed by atoms with Crippen LogP contribution in [0.15, 0.2) is 12.1 Å². The van der Waals surface area contributed by atoms with Gasteiger partial charge in [-0.3, -0.25) is 4.98 Å². The molecular formula is C12H17N3O. The number of aryl methyl sites for hydroxylation is 1. The highest BCUT2D eigenvalue weighted by Crippen LogP contribution is 2.16. The highest BCUT2D eigenvalue weighted by molar-refractivity contribution is 5.29. The summed E-state index contributed by atoms with van der Waals surface area (Å²) in [6.07, 6.45) is 1.08. The van der Waals surface area contributed by atoms with E-state index >= 15 is 0 Å². The molecule has 0 aromatic carbocycles. The van der Waals surface area contributed by atoms with Crippen LogP contribution in [0.4, 0.5) is 0 Å². The first-order valence-electron chi connectivity index (χ1n) is 5.45. The minimum absolute atomic E-state index is 0.0610. The van der Waals surface area contributed by atoms with Crippen LogP contribution in [0.3, 0.4) is 0 Å². The van der Waals surface area contributed by atoms with Gasteiger partial charge in [-0.2, -0.15) is 5.26 Å². The topological polar surface area (TPSA) is 57.9 Å². The quantitative estimate of drug-likeness (QED) is 0.741. The van der Waals surface area contributed by atoms with Crippen molar-refractivity contribution in [2.24, 2.45) is 0 Å². The highest BCUT2D eigenvalue weighted by atomic mass is 16.5. The number of rotatable bonds is 6. The monoisotopic (exact) mass is 219 g/mol. The van der Waals surface area contributed by atoms with E-state index in [0.717, 1.165) is 24.4 Å². The first-order chi connectivity index (χ1) is 7.77. The Labute approximate surface area is 96.3 Å². The van der Waals surface area contributed by atoms with E-state index in [2.05, 4.69) is 17.2 Å². The fourth-order valence-corrected chi connectivity index (χ4v) is 1.35. The zero-order chi connectivity index (χ0) is 11.8. The molecule has 1 N–H and O–H groups in total. The number of nitrogens with zero attached hydrogens (tertiary/aromatic N) is 2. The molecular weight excluding hydrogens is 202 g/mol. The molecule has 1 aromatic rings. The Morgan fingerprint density at radius 2 is 2.31 bits per heavy atom. The number of hydrogen-bond donors (Lipinski definition) is 1. The molecule has 0 fully saturated rings. The van der Waals surface area contributed by atoms with Gasteiger partial charge in [0, 0.05) is 12.2 Å². The van der Waals surface area contributed by atoms with Crippen molar-refractivity contribution in [3.63, 3.8) is 0 Å². The molecule has 1 aromatic heterocycles. The molecule has 0 radical (unpaired) electrons. The number of nitrogens with one attached hydrogen (secondary N) is 1. The second-order valence-electron chi connectivity index (χ2n) is 3.52. The van der Waals surface area contributed by atoms with E-state index in [0.29, 0.717) is 12.3 Å². The van der Waals surface area contributed by atoms with Gasteiger partial charge in [0.05, 0.1) is 5.69 Å². The summed E-state index contributed by atoms with van der Waals surface area (Å²) in [4.78, 5) is 4.40. The molecule has 1 rings (SSSR count). The molecule has 0 aliphatic heterocycles. The summed E-state index contributed by atoms with van der Waals surface area (Å²) in [7, 11) is 0. The van der Waals surface area contributed by atoms with Gasteiger partial charge in [0.25, 0.3) is 0 Å². The molecule has 0 atom stereocenters. The van der Waals surface area contributed by atoms with Crippen molar-refractivity contribution < 1.29 is 4.74 Å². The van der Waals surface area contributed by atoms with Crippen molar-refractivity contribution in [3.05, 3.63) is 23.5 Å². The molecule has 0 aliphatic carbocycles. The number of pyridine rings is 1. The zero-order valence-electron chi connectivity index (χ0n) is 9.79. The van der Waals surface area contributed by atoms with Crippen LogP contribution in [0.1, 0.15) is 24.7 Å². The summed E-state index contributed by atoms with van der Waals surface area (Å²) < 4.78 is 5.31.